The van der Waals surface area contributed by atoms with E-state index in [9.17, 15) is 4.79 Å². The van der Waals surface area contributed by atoms with Gasteiger partial charge in [-0.25, -0.2) is 0 Å². The Bertz CT molecular complexity index is 457. The molecule has 1 fully saturated rings. The first kappa shape index (κ1) is 14.8. The average molecular weight is 273 g/mol. The molecule has 1 saturated heterocycles. The minimum Gasteiger partial charge on any atom is -0.462 e. The van der Waals surface area contributed by atoms with Crippen molar-refractivity contribution in [2.75, 3.05) is 19.7 Å². The number of benzene rings is 1. The van der Waals surface area contributed by atoms with E-state index in [0.29, 0.717) is 12.6 Å². The highest BCUT2D eigenvalue weighted by atomic mass is 16.5. The van der Waals surface area contributed by atoms with E-state index in [1.54, 1.807) is 0 Å². The number of esters is 1. The van der Waals surface area contributed by atoms with E-state index >= 15 is 0 Å². The van der Waals surface area contributed by atoms with Gasteiger partial charge in [-0.1, -0.05) is 35.9 Å². The maximum absolute atomic E-state index is 10.7. The van der Waals surface area contributed by atoms with Crippen molar-refractivity contribution in [1.82, 2.24) is 4.90 Å². The van der Waals surface area contributed by atoms with Crippen molar-refractivity contribution in [1.29, 1.82) is 0 Å². The number of nitrogens with zero attached hydrogens (tertiary/aromatic N) is 1. The molecular formula is C17H23NO2. The van der Waals surface area contributed by atoms with Gasteiger partial charge < -0.3 is 4.74 Å². The molecule has 3 heteroatoms. The van der Waals surface area contributed by atoms with Crippen molar-refractivity contribution in [3.8, 4) is 0 Å². The predicted molar refractivity (Wildman–Crippen MR) is 80.4 cm³/mol. The molecule has 1 atom stereocenters. The molecule has 1 aliphatic heterocycles. The average Bonchev–Trinajstić information content (AvgIpc) is 2.48. The van der Waals surface area contributed by atoms with E-state index < -0.39 is 0 Å². The van der Waals surface area contributed by atoms with E-state index in [0.717, 1.165) is 25.9 Å². The second-order valence-corrected chi connectivity index (χ2v) is 5.29. The standard InChI is InChI=1S/C17H23NO2/c1-14(17-6-4-3-5-7-17)18-11-8-16(9-12-18)10-13-20-15(2)19/h3-7,10,14H,8-9,11-13H2,1-2H3. The monoisotopic (exact) mass is 273 g/mol. The van der Waals surface area contributed by atoms with Crippen LogP contribution >= 0.6 is 0 Å². The van der Waals surface area contributed by atoms with E-state index in [2.05, 4.69) is 48.2 Å². The summed E-state index contributed by atoms with van der Waals surface area (Å²) in [5.41, 5.74) is 2.78. The number of carbonyl (C=O) groups excluding carboxylic acids is 1. The van der Waals surface area contributed by atoms with Gasteiger partial charge in [-0.05, 0) is 31.4 Å². The second-order valence-electron chi connectivity index (χ2n) is 5.29. The summed E-state index contributed by atoms with van der Waals surface area (Å²) in [5, 5.41) is 0. The topological polar surface area (TPSA) is 29.5 Å². The first-order valence-electron chi connectivity index (χ1n) is 7.27. The number of piperidine rings is 1. The molecular weight excluding hydrogens is 250 g/mol. The Morgan fingerprint density at radius 2 is 1.95 bits per heavy atom. The maximum atomic E-state index is 10.7. The fraction of sp³-hybridized carbons (Fsp3) is 0.471. The van der Waals surface area contributed by atoms with Gasteiger partial charge in [0.25, 0.3) is 0 Å². The minimum atomic E-state index is -0.211. The molecule has 3 nitrogen and oxygen atoms in total. The zero-order valence-electron chi connectivity index (χ0n) is 12.3. The van der Waals surface area contributed by atoms with Gasteiger partial charge in [0.2, 0.25) is 0 Å². The lowest BCUT2D eigenvalue weighted by atomic mass is 9.99. The normalized spacial score (nSPS) is 17.6. The van der Waals surface area contributed by atoms with Crippen LogP contribution in [-0.2, 0) is 9.53 Å². The van der Waals surface area contributed by atoms with Crippen LogP contribution in [0.2, 0.25) is 0 Å². The van der Waals surface area contributed by atoms with E-state index in [-0.39, 0.29) is 5.97 Å². The highest BCUT2D eigenvalue weighted by Gasteiger charge is 2.19. The number of likely N-dealkylation sites (tertiary alicyclic amines) is 1. The van der Waals surface area contributed by atoms with E-state index in [1.807, 2.05) is 0 Å². The van der Waals surface area contributed by atoms with Gasteiger partial charge >= 0.3 is 5.97 Å². The highest BCUT2D eigenvalue weighted by molar-refractivity contribution is 5.66. The molecule has 0 saturated carbocycles. The van der Waals surface area contributed by atoms with Gasteiger partial charge in [-0.2, -0.15) is 0 Å². The molecule has 1 aromatic carbocycles. The summed E-state index contributed by atoms with van der Waals surface area (Å²) in [7, 11) is 0. The van der Waals surface area contributed by atoms with Crippen LogP contribution in [0.25, 0.3) is 0 Å². The van der Waals surface area contributed by atoms with Gasteiger partial charge in [0, 0.05) is 26.1 Å². The maximum Gasteiger partial charge on any atom is 0.302 e. The van der Waals surface area contributed by atoms with Crippen LogP contribution in [0, 0.1) is 0 Å². The number of ether oxygens (including phenoxy) is 1. The lowest BCUT2D eigenvalue weighted by Gasteiger charge is -2.33. The summed E-state index contributed by atoms with van der Waals surface area (Å²) >= 11 is 0. The zero-order chi connectivity index (χ0) is 14.4. The largest absolute Gasteiger partial charge is 0.462 e. The third kappa shape index (κ3) is 4.20. The molecule has 1 unspecified atom stereocenters. The smallest absolute Gasteiger partial charge is 0.302 e. The van der Waals surface area contributed by atoms with Crippen molar-refractivity contribution in [2.45, 2.75) is 32.7 Å². The molecule has 0 aliphatic carbocycles. The molecule has 1 aliphatic rings. The summed E-state index contributed by atoms with van der Waals surface area (Å²) in [5.74, 6) is -0.211. The SMILES string of the molecule is CC(=O)OCC=C1CCN(C(C)c2ccccc2)CC1. The van der Waals surface area contributed by atoms with Gasteiger partial charge in [-0.15, -0.1) is 0 Å². The molecule has 20 heavy (non-hydrogen) atoms. The number of hydrogen-bond acceptors (Lipinski definition) is 3. The lowest BCUT2D eigenvalue weighted by Crippen LogP contribution is -2.33. The summed E-state index contributed by atoms with van der Waals surface area (Å²) in [6.45, 7) is 6.27. The predicted octanol–water partition coefficient (Wildman–Crippen LogP) is 3.33. The Kier molecular flexibility index (Phi) is 5.36. The molecule has 0 amide bonds. The molecule has 0 spiro atoms. The Balaban J connectivity index is 1.83. The van der Waals surface area contributed by atoms with E-state index in [4.69, 9.17) is 4.74 Å². The van der Waals surface area contributed by atoms with Crippen LogP contribution in [0.15, 0.2) is 42.0 Å². The highest BCUT2D eigenvalue weighted by Crippen LogP contribution is 2.25. The van der Waals surface area contributed by atoms with Crippen LogP contribution < -0.4 is 0 Å². The Hall–Kier alpha value is -1.61. The van der Waals surface area contributed by atoms with Crippen LogP contribution in [0.1, 0.15) is 38.3 Å². The Morgan fingerprint density at radius 1 is 1.30 bits per heavy atom. The van der Waals surface area contributed by atoms with Crippen molar-refractivity contribution < 1.29 is 9.53 Å². The van der Waals surface area contributed by atoms with Crippen LogP contribution in [0.5, 0.6) is 0 Å². The lowest BCUT2D eigenvalue weighted by molar-refractivity contribution is -0.139. The van der Waals surface area contributed by atoms with Crippen LogP contribution in [0.4, 0.5) is 0 Å². The molecule has 108 valence electrons. The summed E-state index contributed by atoms with van der Waals surface area (Å²) in [6, 6.07) is 11.1. The van der Waals surface area contributed by atoms with Gasteiger partial charge in [-0.3, -0.25) is 9.69 Å². The molecule has 0 radical (unpaired) electrons. The van der Waals surface area contributed by atoms with Crippen molar-refractivity contribution in [3.63, 3.8) is 0 Å². The van der Waals surface area contributed by atoms with Crippen molar-refractivity contribution >= 4 is 5.97 Å². The molecule has 0 aromatic heterocycles. The molecule has 0 N–H and O–H groups in total. The summed E-state index contributed by atoms with van der Waals surface area (Å²) in [4.78, 5) is 13.2. The molecule has 1 aromatic rings. The third-order valence-corrected chi connectivity index (χ3v) is 3.93. The van der Waals surface area contributed by atoms with Crippen molar-refractivity contribution in [2.24, 2.45) is 0 Å². The Morgan fingerprint density at radius 3 is 2.55 bits per heavy atom. The van der Waals surface area contributed by atoms with Crippen LogP contribution in [0.3, 0.4) is 0 Å². The summed E-state index contributed by atoms with van der Waals surface area (Å²) in [6.07, 6.45) is 4.20. The number of rotatable bonds is 4. The number of hydrogen-bond donors (Lipinski definition) is 0. The fourth-order valence-electron chi connectivity index (χ4n) is 2.62. The molecule has 1 heterocycles. The van der Waals surface area contributed by atoms with Gasteiger partial charge in [0.15, 0.2) is 0 Å². The first-order valence-corrected chi connectivity index (χ1v) is 7.27. The first-order chi connectivity index (χ1) is 9.66. The third-order valence-electron chi connectivity index (χ3n) is 3.93. The zero-order valence-corrected chi connectivity index (χ0v) is 12.3. The van der Waals surface area contributed by atoms with Gasteiger partial charge in [0.05, 0.1) is 0 Å². The van der Waals surface area contributed by atoms with Crippen molar-refractivity contribution in [3.05, 3.63) is 47.5 Å². The fourth-order valence-corrected chi connectivity index (χ4v) is 2.62. The van der Waals surface area contributed by atoms with Crippen LogP contribution in [-0.4, -0.2) is 30.6 Å². The molecule has 2 rings (SSSR count). The summed E-state index contributed by atoms with van der Waals surface area (Å²) < 4.78 is 4.96. The van der Waals surface area contributed by atoms with E-state index in [1.165, 1.54) is 18.1 Å². The minimum absolute atomic E-state index is 0.211. The number of carbonyl (C=O) groups is 1. The quantitative estimate of drug-likeness (QED) is 0.622. The second kappa shape index (κ2) is 7.25. The van der Waals surface area contributed by atoms with Gasteiger partial charge in [0.1, 0.15) is 6.61 Å². The molecule has 0 bridgehead atoms. The Labute approximate surface area is 121 Å².